The SMILES string of the molecule is CCc1oc(C(=O)NC(C)Cc2ccccc2F)cc1C(=O)O. The van der Waals surface area contributed by atoms with Gasteiger partial charge in [-0.25, -0.2) is 9.18 Å². The molecular weight excluding hydrogens is 301 g/mol. The number of aryl methyl sites for hydroxylation is 1. The molecule has 0 bridgehead atoms. The van der Waals surface area contributed by atoms with Crippen molar-refractivity contribution in [2.24, 2.45) is 0 Å². The molecule has 1 aromatic heterocycles. The van der Waals surface area contributed by atoms with Crippen LogP contribution in [0.2, 0.25) is 0 Å². The molecule has 122 valence electrons. The molecule has 2 rings (SSSR count). The molecule has 5 nitrogen and oxygen atoms in total. The van der Waals surface area contributed by atoms with E-state index in [0.717, 1.165) is 0 Å². The minimum Gasteiger partial charge on any atom is -0.478 e. The summed E-state index contributed by atoms with van der Waals surface area (Å²) >= 11 is 0. The topological polar surface area (TPSA) is 79.5 Å². The molecule has 0 radical (unpaired) electrons. The second-order valence-corrected chi connectivity index (χ2v) is 5.28. The molecule has 1 unspecified atom stereocenters. The molecule has 2 N–H and O–H groups in total. The van der Waals surface area contributed by atoms with Gasteiger partial charge < -0.3 is 14.8 Å². The van der Waals surface area contributed by atoms with Gasteiger partial charge in [-0.15, -0.1) is 0 Å². The predicted molar refractivity (Wildman–Crippen MR) is 82.1 cm³/mol. The van der Waals surface area contributed by atoms with Crippen LogP contribution in [0.3, 0.4) is 0 Å². The van der Waals surface area contributed by atoms with Gasteiger partial charge in [-0.05, 0) is 25.0 Å². The number of aromatic carboxylic acids is 1. The van der Waals surface area contributed by atoms with Gasteiger partial charge in [-0.2, -0.15) is 0 Å². The first-order valence-electron chi connectivity index (χ1n) is 7.32. The monoisotopic (exact) mass is 319 g/mol. The van der Waals surface area contributed by atoms with Crippen LogP contribution in [0, 0.1) is 5.82 Å². The third kappa shape index (κ3) is 3.97. The summed E-state index contributed by atoms with van der Waals surface area (Å²) in [6.07, 6.45) is 0.700. The van der Waals surface area contributed by atoms with Gasteiger partial charge in [-0.3, -0.25) is 4.79 Å². The molecule has 2 aromatic rings. The number of carboxylic acids is 1. The van der Waals surface area contributed by atoms with Crippen LogP contribution in [0.1, 0.15) is 46.1 Å². The van der Waals surface area contributed by atoms with Crippen molar-refractivity contribution in [1.29, 1.82) is 0 Å². The van der Waals surface area contributed by atoms with Crippen LogP contribution in [-0.4, -0.2) is 23.0 Å². The molecule has 0 saturated carbocycles. The van der Waals surface area contributed by atoms with Gasteiger partial charge in [0.1, 0.15) is 17.1 Å². The quantitative estimate of drug-likeness (QED) is 0.857. The highest BCUT2D eigenvalue weighted by atomic mass is 19.1. The Morgan fingerprint density at radius 3 is 2.61 bits per heavy atom. The molecular formula is C17H18FNO4. The summed E-state index contributed by atoms with van der Waals surface area (Å²) in [5, 5.41) is 11.7. The number of carbonyl (C=O) groups is 2. The van der Waals surface area contributed by atoms with E-state index in [4.69, 9.17) is 9.52 Å². The van der Waals surface area contributed by atoms with E-state index in [1.54, 1.807) is 32.0 Å². The lowest BCUT2D eigenvalue weighted by atomic mass is 10.1. The molecule has 0 aliphatic rings. The average molecular weight is 319 g/mol. The number of benzene rings is 1. The van der Waals surface area contributed by atoms with E-state index < -0.39 is 11.9 Å². The van der Waals surface area contributed by atoms with E-state index in [1.807, 2.05) is 0 Å². The summed E-state index contributed by atoms with van der Waals surface area (Å²) in [5.74, 6) is -1.78. The van der Waals surface area contributed by atoms with E-state index in [0.29, 0.717) is 18.4 Å². The van der Waals surface area contributed by atoms with Crippen molar-refractivity contribution in [2.45, 2.75) is 32.7 Å². The number of carbonyl (C=O) groups excluding carboxylic acids is 1. The normalized spacial score (nSPS) is 12.0. The number of nitrogens with one attached hydrogen (secondary N) is 1. The summed E-state index contributed by atoms with van der Waals surface area (Å²) in [5.41, 5.74) is 0.486. The molecule has 23 heavy (non-hydrogen) atoms. The third-order valence-corrected chi connectivity index (χ3v) is 3.45. The van der Waals surface area contributed by atoms with E-state index in [9.17, 15) is 14.0 Å². The van der Waals surface area contributed by atoms with E-state index in [2.05, 4.69) is 5.32 Å². The van der Waals surface area contributed by atoms with Crippen LogP contribution >= 0.6 is 0 Å². The molecule has 0 fully saturated rings. The molecule has 6 heteroatoms. The largest absolute Gasteiger partial charge is 0.478 e. The zero-order valence-electron chi connectivity index (χ0n) is 12.9. The van der Waals surface area contributed by atoms with Gasteiger partial charge >= 0.3 is 5.97 Å². The van der Waals surface area contributed by atoms with Crippen LogP contribution < -0.4 is 5.32 Å². The standard InChI is InChI=1S/C17H18FNO4/c1-3-14-12(17(21)22)9-15(23-14)16(20)19-10(2)8-11-6-4-5-7-13(11)18/h4-7,9-10H,3,8H2,1-2H3,(H,19,20)(H,21,22). The second-order valence-electron chi connectivity index (χ2n) is 5.28. The second kappa shape index (κ2) is 7.09. The van der Waals surface area contributed by atoms with Crippen molar-refractivity contribution in [3.63, 3.8) is 0 Å². The summed E-state index contributed by atoms with van der Waals surface area (Å²) in [6.45, 7) is 3.49. The summed E-state index contributed by atoms with van der Waals surface area (Å²) in [6, 6.07) is 7.23. The first-order chi connectivity index (χ1) is 10.9. The fraction of sp³-hybridized carbons (Fsp3) is 0.294. The van der Waals surface area contributed by atoms with E-state index in [1.165, 1.54) is 12.1 Å². The molecule has 0 aliphatic heterocycles. The molecule has 1 heterocycles. The smallest absolute Gasteiger partial charge is 0.339 e. The Labute approximate surface area is 133 Å². The first kappa shape index (κ1) is 16.7. The highest BCUT2D eigenvalue weighted by Crippen LogP contribution is 2.17. The van der Waals surface area contributed by atoms with Crippen molar-refractivity contribution in [2.75, 3.05) is 0 Å². The average Bonchev–Trinajstić information content (AvgIpc) is 2.94. The summed E-state index contributed by atoms with van der Waals surface area (Å²) in [4.78, 5) is 23.2. The van der Waals surface area contributed by atoms with Crippen LogP contribution in [0.4, 0.5) is 4.39 Å². The van der Waals surface area contributed by atoms with Gasteiger partial charge in [0.25, 0.3) is 5.91 Å². The van der Waals surface area contributed by atoms with Crippen molar-refractivity contribution >= 4 is 11.9 Å². The zero-order chi connectivity index (χ0) is 17.0. The maximum Gasteiger partial charge on any atom is 0.339 e. The number of furan rings is 1. The highest BCUT2D eigenvalue weighted by Gasteiger charge is 2.21. The van der Waals surface area contributed by atoms with Crippen molar-refractivity contribution in [1.82, 2.24) is 5.32 Å². The van der Waals surface area contributed by atoms with Crippen LogP contribution in [0.25, 0.3) is 0 Å². The first-order valence-corrected chi connectivity index (χ1v) is 7.32. The van der Waals surface area contributed by atoms with E-state index >= 15 is 0 Å². The predicted octanol–water partition coefficient (Wildman–Crippen LogP) is 3.04. The Morgan fingerprint density at radius 2 is 2.04 bits per heavy atom. The Kier molecular flexibility index (Phi) is 5.16. The number of carboxylic acid groups (broad SMARTS) is 1. The fourth-order valence-corrected chi connectivity index (χ4v) is 2.32. The molecule has 0 aliphatic carbocycles. The lowest BCUT2D eigenvalue weighted by Gasteiger charge is -2.13. The number of hydrogen-bond donors (Lipinski definition) is 2. The third-order valence-electron chi connectivity index (χ3n) is 3.45. The van der Waals surface area contributed by atoms with Gasteiger partial charge in [-0.1, -0.05) is 25.1 Å². The van der Waals surface area contributed by atoms with Gasteiger partial charge in [0.05, 0.1) is 0 Å². The zero-order valence-corrected chi connectivity index (χ0v) is 12.9. The minimum absolute atomic E-state index is 0.0144. The molecule has 0 spiro atoms. The summed E-state index contributed by atoms with van der Waals surface area (Å²) in [7, 11) is 0. The van der Waals surface area contributed by atoms with Crippen molar-refractivity contribution < 1.29 is 23.5 Å². The molecule has 0 saturated heterocycles. The summed E-state index contributed by atoms with van der Waals surface area (Å²) < 4.78 is 18.9. The van der Waals surface area contributed by atoms with Crippen LogP contribution in [-0.2, 0) is 12.8 Å². The molecule has 1 aromatic carbocycles. The highest BCUT2D eigenvalue weighted by molar-refractivity contribution is 5.96. The maximum absolute atomic E-state index is 13.6. The fourth-order valence-electron chi connectivity index (χ4n) is 2.32. The maximum atomic E-state index is 13.6. The van der Waals surface area contributed by atoms with Crippen molar-refractivity contribution in [3.8, 4) is 0 Å². The Hall–Kier alpha value is -2.63. The molecule has 1 amide bonds. The van der Waals surface area contributed by atoms with Crippen LogP contribution in [0.15, 0.2) is 34.7 Å². The number of amides is 1. The van der Waals surface area contributed by atoms with Crippen LogP contribution in [0.5, 0.6) is 0 Å². The lowest BCUT2D eigenvalue weighted by molar-refractivity contribution is 0.0694. The minimum atomic E-state index is -1.14. The van der Waals surface area contributed by atoms with Gasteiger partial charge in [0.2, 0.25) is 0 Å². The Bertz CT molecular complexity index is 723. The number of halogens is 1. The van der Waals surface area contributed by atoms with E-state index in [-0.39, 0.29) is 28.9 Å². The Balaban J connectivity index is 2.07. The molecule has 1 atom stereocenters. The lowest BCUT2D eigenvalue weighted by Crippen LogP contribution is -2.34. The number of rotatable bonds is 6. The van der Waals surface area contributed by atoms with Crippen molar-refractivity contribution in [3.05, 3.63) is 58.8 Å². The van der Waals surface area contributed by atoms with Gasteiger partial charge in [0, 0.05) is 18.5 Å². The number of hydrogen-bond acceptors (Lipinski definition) is 3. The van der Waals surface area contributed by atoms with Gasteiger partial charge in [0.15, 0.2) is 5.76 Å². The Morgan fingerprint density at radius 1 is 1.35 bits per heavy atom.